The second kappa shape index (κ2) is 41.8. The molecule has 7 aromatic rings. The molecule has 5 saturated heterocycles. The number of hydrogen-bond donors (Lipinski definition) is 8. The zero-order chi connectivity index (χ0) is 84.1. The summed E-state index contributed by atoms with van der Waals surface area (Å²) in [6.45, 7) is -2.99. The van der Waals surface area contributed by atoms with Crippen molar-refractivity contribution in [3.05, 3.63) is 262 Å². The van der Waals surface area contributed by atoms with Crippen molar-refractivity contribution in [3.8, 4) is 0 Å². The van der Waals surface area contributed by atoms with Crippen molar-refractivity contribution in [2.24, 2.45) is 5.11 Å². The summed E-state index contributed by atoms with van der Waals surface area (Å²) < 4.78 is 121. The summed E-state index contributed by atoms with van der Waals surface area (Å²) in [5, 5.41) is 64.0. The first kappa shape index (κ1) is 86.8. The van der Waals surface area contributed by atoms with Crippen LogP contribution in [0.3, 0.4) is 0 Å². The van der Waals surface area contributed by atoms with E-state index in [9.17, 15) is 54.7 Å². The molecule has 0 radical (unpaired) electrons. The molecule has 6 amide bonds. The Labute approximate surface area is 688 Å². The third kappa shape index (κ3) is 22.3. The molecule has 6 aliphatic rings. The van der Waals surface area contributed by atoms with Gasteiger partial charge in [0.2, 0.25) is 0 Å². The standard InChI is InChI=1S/C85H95F2N9O24/c1-2-3-39-107-73(85(86,87)50-89-94-88)74(101)90-58-40-59(91-80(102)108-45-51-25-11-4-12-26-51)69(118-77-60(92-81(103)109-46-52-27-13-5-14-28-52)41-61-62(114-77)42-95(75(113-61)56-35-21-9-22-36-56)83(105)111-48-54-31-17-7-18-32-54)72(66(58)98)120-79-68(100)71(64(44-97)116-79)119-78-65(93-82(104)110-47-53-29-15-6-16-30-53)67(99)70-63(115-78)43-96(76(117-70)57-37-23-10-24-38-57)84(106)112-49-55-33-19-8-20-34-55/h4-38,58-73,75-79,97-100H,2-3,39-50H2,1H3,(H,90,101)(H,91,102)(H,92,103)(H,93,104)/t58-,59+,60-,61+,62-,63+,64-,65-,66+,67-,68-,69-,70-,71-,72-,73-,75?,76?,77-,78-,79+/m1/s1. The van der Waals surface area contributed by atoms with Gasteiger partial charge in [-0.1, -0.05) is 231 Å². The smallest absolute Gasteiger partial charge is 0.412 e. The quantitative estimate of drug-likeness (QED) is 0.00659. The first-order valence-electron chi connectivity index (χ1n) is 39.5. The van der Waals surface area contributed by atoms with Crippen LogP contribution in [0.1, 0.15) is 84.0 Å². The Balaban J connectivity index is 0.857. The number of nitrogens with zero attached hydrogens (tertiary/aromatic N) is 5. The Morgan fingerprint density at radius 3 is 1.43 bits per heavy atom. The molecule has 7 aromatic carbocycles. The van der Waals surface area contributed by atoms with Crippen LogP contribution in [0.25, 0.3) is 10.4 Å². The van der Waals surface area contributed by atoms with Gasteiger partial charge in [-0.15, -0.1) is 0 Å². The van der Waals surface area contributed by atoms with Gasteiger partial charge in [0.05, 0.1) is 50.5 Å². The minimum absolute atomic E-state index is 0.150. The van der Waals surface area contributed by atoms with Crippen molar-refractivity contribution >= 4 is 36.4 Å². The fraction of sp³-hybridized carbons (Fsp3) is 0.435. The first-order chi connectivity index (χ1) is 58.3. The zero-order valence-corrected chi connectivity index (χ0v) is 65.2. The molecule has 120 heavy (non-hydrogen) atoms. The molecule has 13 rings (SSSR count). The van der Waals surface area contributed by atoms with E-state index in [2.05, 4.69) is 31.3 Å². The number of amides is 6. The Morgan fingerprint density at radius 1 is 0.492 bits per heavy atom. The summed E-state index contributed by atoms with van der Waals surface area (Å²) in [6.07, 6.45) is -34.8. The van der Waals surface area contributed by atoms with Crippen LogP contribution in [0.4, 0.5) is 32.8 Å². The van der Waals surface area contributed by atoms with E-state index in [4.69, 9.17) is 66.3 Å². The summed E-state index contributed by atoms with van der Waals surface area (Å²) in [5.74, 6) is -5.74. The number of fused-ring (bicyclic) bond motifs is 2. The number of aliphatic hydroxyl groups excluding tert-OH is 4. The maximum atomic E-state index is 16.4. The Bertz CT molecular complexity index is 4500. The average Bonchev–Trinajstić information content (AvgIpc) is 1.11. The Kier molecular flexibility index (Phi) is 30.3. The number of hydrogen-bond acceptors (Lipinski definition) is 25. The van der Waals surface area contributed by atoms with Crippen molar-refractivity contribution in [1.29, 1.82) is 0 Å². The molecule has 6 fully saturated rings. The summed E-state index contributed by atoms with van der Waals surface area (Å²) in [5.41, 5.74) is 13.2. The Morgan fingerprint density at radius 2 is 0.933 bits per heavy atom. The highest BCUT2D eigenvalue weighted by Gasteiger charge is 2.59. The van der Waals surface area contributed by atoms with E-state index >= 15 is 8.78 Å². The van der Waals surface area contributed by atoms with Crippen molar-refractivity contribution in [2.75, 3.05) is 32.8 Å². The molecule has 5 heterocycles. The van der Waals surface area contributed by atoms with Crippen LogP contribution >= 0.6 is 0 Å². The highest BCUT2D eigenvalue weighted by molar-refractivity contribution is 5.82. The van der Waals surface area contributed by atoms with E-state index in [0.717, 1.165) is 0 Å². The van der Waals surface area contributed by atoms with Gasteiger partial charge in [0.1, 0.15) is 100 Å². The molecule has 8 N–H and O–H groups in total. The summed E-state index contributed by atoms with van der Waals surface area (Å²) in [6, 6.07) is 54.3. The van der Waals surface area contributed by atoms with Crippen LogP contribution in [0.2, 0.25) is 0 Å². The Hall–Kier alpha value is -11.0. The molecular weight excluding hydrogens is 1570 g/mol. The second-order valence-electron chi connectivity index (χ2n) is 29.5. The van der Waals surface area contributed by atoms with Gasteiger partial charge < -0.3 is 108 Å². The molecule has 0 spiro atoms. The van der Waals surface area contributed by atoms with Crippen molar-refractivity contribution in [1.82, 2.24) is 31.1 Å². The molecule has 21 atom stereocenters. The molecule has 33 nitrogen and oxygen atoms in total. The minimum Gasteiger partial charge on any atom is -0.445 e. The number of rotatable bonds is 31. The molecular formula is C85H95F2N9O24. The van der Waals surface area contributed by atoms with Crippen LogP contribution in [0.15, 0.2) is 217 Å². The molecule has 1 saturated carbocycles. The van der Waals surface area contributed by atoms with E-state index in [0.29, 0.717) is 45.4 Å². The predicted octanol–water partition coefficient (Wildman–Crippen LogP) is 9.16. The molecule has 0 bridgehead atoms. The number of halogens is 2. The van der Waals surface area contributed by atoms with Crippen molar-refractivity contribution < 1.29 is 124 Å². The maximum Gasteiger partial charge on any atom is 0.412 e. The van der Waals surface area contributed by atoms with Gasteiger partial charge in [0.15, 0.2) is 37.4 Å². The highest BCUT2D eigenvalue weighted by atomic mass is 19.3. The lowest BCUT2D eigenvalue weighted by Gasteiger charge is -2.51. The number of ether oxygens (including phenoxy) is 14. The van der Waals surface area contributed by atoms with Gasteiger partial charge in [0.25, 0.3) is 11.8 Å². The van der Waals surface area contributed by atoms with E-state index in [1.54, 1.807) is 219 Å². The summed E-state index contributed by atoms with van der Waals surface area (Å²) in [4.78, 5) is 91.8. The topological polar surface area (TPSA) is 416 Å². The largest absolute Gasteiger partial charge is 0.445 e. The number of benzene rings is 7. The normalized spacial score (nSPS) is 27.9. The molecule has 2 unspecified atom stereocenters. The minimum atomic E-state index is -4.20. The third-order valence-corrected chi connectivity index (χ3v) is 21.1. The number of azide groups is 1. The molecule has 35 heteroatoms. The number of nitrogens with one attached hydrogen (secondary N) is 4. The number of unbranched alkanes of at least 4 members (excludes halogenated alkanes) is 1. The molecule has 0 aromatic heterocycles. The molecule has 5 aliphatic heterocycles. The fourth-order valence-electron chi connectivity index (χ4n) is 15.0. The van der Waals surface area contributed by atoms with Crippen LogP contribution in [-0.2, 0) is 104 Å². The fourth-order valence-corrected chi connectivity index (χ4v) is 15.0. The van der Waals surface area contributed by atoms with Gasteiger partial charge in [-0.25, -0.2) is 32.8 Å². The summed E-state index contributed by atoms with van der Waals surface area (Å²) in [7, 11) is 0. The first-order valence-corrected chi connectivity index (χ1v) is 39.5. The average molecular weight is 1660 g/mol. The zero-order valence-electron chi connectivity index (χ0n) is 65.2. The molecule has 638 valence electrons. The second-order valence-corrected chi connectivity index (χ2v) is 29.5. The maximum absolute atomic E-state index is 16.4. The highest BCUT2D eigenvalue weighted by Crippen LogP contribution is 2.43. The van der Waals surface area contributed by atoms with Crippen LogP contribution < -0.4 is 21.3 Å². The molecule has 1 aliphatic carbocycles. The number of alkyl halides is 2. The van der Waals surface area contributed by atoms with E-state index in [1.165, 1.54) is 9.80 Å². The number of aliphatic hydroxyl groups is 4. The number of alkyl carbamates (subject to hydrolysis) is 3. The SMILES string of the molecule is CCCCO[C@H](C(=O)N[C@@H]1C[C@H](NC(=O)OCc2ccccc2)[C@@H](O[C@H]2O[C@@H]3CN(C(=O)OCc4ccccc4)C(c4ccccc4)O[C@H]3C[C@H]2NC(=O)OCc2ccccc2)[C@H](O[C@@H]2O[C@H](CO)[C@@H](O[C@H]3O[C@H]4CN(C(=O)OCc5ccccc5)C(c5ccccc5)O[C@H]4[C@H](O)[C@H]3NC(=O)OCc3ccccc3)[C@H]2O)[C@H]1O)C(F)(F)CN=[N+]=[N-]. The lowest BCUT2D eigenvalue weighted by atomic mass is 9.83. The lowest BCUT2D eigenvalue weighted by Crippen LogP contribution is -2.70. The van der Waals surface area contributed by atoms with Gasteiger partial charge in [-0.3, -0.25) is 14.6 Å². The van der Waals surface area contributed by atoms with E-state index < -0.39 is 197 Å². The lowest BCUT2D eigenvalue weighted by molar-refractivity contribution is -0.323. The van der Waals surface area contributed by atoms with Gasteiger partial charge in [-0.2, -0.15) is 0 Å². The monoisotopic (exact) mass is 1660 g/mol. The number of carbonyl (C=O) groups is 6. The summed E-state index contributed by atoms with van der Waals surface area (Å²) >= 11 is 0. The van der Waals surface area contributed by atoms with Crippen molar-refractivity contribution in [2.45, 2.75) is 200 Å². The van der Waals surface area contributed by atoms with Gasteiger partial charge >= 0.3 is 30.5 Å². The van der Waals surface area contributed by atoms with Crippen LogP contribution in [0.5, 0.6) is 0 Å². The predicted molar refractivity (Wildman–Crippen MR) is 416 cm³/mol. The number of carbonyl (C=O) groups excluding carboxylic acids is 6. The van der Waals surface area contributed by atoms with Gasteiger partial charge in [-0.05, 0) is 46.2 Å². The van der Waals surface area contributed by atoms with E-state index in [1.807, 2.05) is 0 Å². The van der Waals surface area contributed by atoms with Crippen LogP contribution in [0, 0.1) is 0 Å². The van der Waals surface area contributed by atoms with Gasteiger partial charge in [0, 0.05) is 29.1 Å². The third-order valence-electron chi connectivity index (χ3n) is 21.1. The van der Waals surface area contributed by atoms with Crippen LogP contribution in [-0.4, -0.2) is 222 Å². The van der Waals surface area contributed by atoms with E-state index in [-0.39, 0.29) is 59.0 Å². The van der Waals surface area contributed by atoms with Crippen molar-refractivity contribution in [3.63, 3.8) is 0 Å².